The zero-order chi connectivity index (χ0) is 32.2. The Hall–Kier alpha value is -5.71. The van der Waals surface area contributed by atoms with Crippen LogP contribution in [0.5, 0.6) is 0 Å². The molecule has 6 rings (SSSR count). The van der Waals surface area contributed by atoms with Crippen molar-refractivity contribution in [3.05, 3.63) is 108 Å². The Labute approximate surface area is 264 Å². The van der Waals surface area contributed by atoms with E-state index in [4.69, 9.17) is 9.15 Å². The number of nitrogens with one attached hydrogen (secondary N) is 2. The molecule has 0 saturated carbocycles. The number of esters is 1. The highest BCUT2D eigenvalue weighted by molar-refractivity contribution is 6.07. The number of furan rings is 1. The topological polar surface area (TPSA) is 117 Å². The molecule has 3 aromatic carbocycles. The first-order chi connectivity index (χ1) is 22.3. The van der Waals surface area contributed by atoms with Crippen LogP contribution in [-0.2, 0) is 4.74 Å². The van der Waals surface area contributed by atoms with E-state index >= 15 is 0 Å². The molecule has 0 atom stereocenters. The largest absolute Gasteiger partial charge is 0.462 e. The molecule has 1 aliphatic rings. The van der Waals surface area contributed by atoms with Crippen LogP contribution in [0, 0.1) is 12.7 Å². The van der Waals surface area contributed by atoms with Crippen molar-refractivity contribution >= 4 is 46.1 Å². The van der Waals surface area contributed by atoms with Crippen LogP contribution < -0.4 is 15.5 Å². The van der Waals surface area contributed by atoms with Crippen molar-refractivity contribution in [3.63, 3.8) is 0 Å². The monoisotopic (exact) mass is 621 g/mol. The minimum absolute atomic E-state index is 0.190. The summed E-state index contributed by atoms with van der Waals surface area (Å²) < 4.78 is 24.7. The summed E-state index contributed by atoms with van der Waals surface area (Å²) in [6, 6.07) is 21.9. The fourth-order valence-corrected chi connectivity index (χ4v) is 5.43. The number of hydrogen-bond donors (Lipinski definition) is 2. The Morgan fingerprint density at radius 1 is 0.913 bits per heavy atom. The number of ether oxygens (including phenoxy) is 1. The lowest BCUT2D eigenvalue weighted by Gasteiger charge is -2.35. The number of para-hydroxylation sites is 1. The van der Waals surface area contributed by atoms with Gasteiger partial charge in [0, 0.05) is 37.1 Å². The van der Waals surface area contributed by atoms with Gasteiger partial charge in [0.2, 0.25) is 0 Å². The van der Waals surface area contributed by atoms with Gasteiger partial charge >= 0.3 is 12.0 Å². The molecule has 0 bridgehead atoms. The summed E-state index contributed by atoms with van der Waals surface area (Å²) in [6.45, 7) is 5.82. The van der Waals surface area contributed by atoms with Crippen LogP contribution in [0.15, 0.2) is 89.5 Å². The van der Waals surface area contributed by atoms with Gasteiger partial charge in [-0.1, -0.05) is 30.3 Å². The maximum atomic E-state index is 13.7. The molecule has 10 nitrogen and oxygen atoms in total. The van der Waals surface area contributed by atoms with E-state index in [-0.39, 0.29) is 24.2 Å². The third kappa shape index (κ3) is 6.39. The van der Waals surface area contributed by atoms with Crippen LogP contribution in [0.1, 0.15) is 33.4 Å². The Morgan fingerprint density at radius 3 is 2.43 bits per heavy atom. The standard InChI is InChI=1S/C35H32FN5O5/c1-3-45-34(43)27-9-4-5-10-29(27)39-35(44)41-17-15-40(16-18-41)31-14-12-26(21-37-31)38-33(42)32-22(2)28-20-24(11-13-30(28)46-32)23-7-6-8-25(36)19-23/h4-14,19-21H,3,15-18H2,1-2H3,(H,38,42)(H,39,44). The number of piperazine rings is 1. The molecule has 46 heavy (non-hydrogen) atoms. The number of aromatic nitrogens is 1. The fraction of sp³-hybridized carbons (Fsp3) is 0.200. The normalized spacial score (nSPS) is 13.0. The molecule has 234 valence electrons. The van der Waals surface area contributed by atoms with Crippen molar-refractivity contribution < 1.29 is 27.9 Å². The second-order valence-corrected chi connectivity index (χ2v) is 10.8. The summed E-state index contributed by atoms with van der Waals surface area (Å²) >= 11 is 0. The second kappa shape index (κ2) is 13.1. The number of fused-ring (bicyclic) bond motifs is 1. The molecule has 3 heterocycles. The summed E-state index contributed by atoms with van der Waals surface area (Å²) in [4.78, 5) is 46.6. The number of anilines is 3. The predicted octanol–water partition coefficient (Wildman–Crippen LogP) is 6.73. The van der Waals surface area contributed by atoms with E-state index < -0.39 is 11.9 Å². The van der Waals surface area contributed by atoms with E-state index in [0.29, 0.717) is 54.3 Å². The van der Waals surface area contributed by atoms with Gasteiger partial charge in [-0.25, -0.2) is 19.0 Å². The van der Waals surface area contributed by atoms with E-state index in [2.05, 4.69) is 20.5 Å². The number of aryl methyl sites for hydroxylation is 1. The summed E-state index contributed by atoms with van der Waals surface area (Å²) in [5.74, 6) is -0.301. The average Bonchev–Trinajstić information content (AvgIpc) is 3.41. The predicted molar refractivity (Wildman–Crippen MR) is 174 cm³/mol. The van der Waals surface area contributed by atoms with E-state index in [9.17, 15) is 18.8 Å². The van der Waals surface area contributed by atoms with Crippen LogP contribution in [0.2, 0.25) is 0 Å². The Balaban J connectivity index is 1.06. The third-order valence-corrected chi connectivity index (χ3v) is 7.86. The Morgan fingerprint density at radius 2 is 1.70 bits per heavy atom. The minimum Gasteiger partial charge on any atom is -0.462 e. The smallest absolute Gasteiger partial charge is 0.340 e. The molecule has 0 unspecified atom stereocenters. The number of hydrogen-bond acceptors (Lipinski definition) is 7. The third-order valence-electron chi connectivity index (χ3n) is 7.86. The summed E-state index contributed by atoms with van der Waals surface area (Å²) in [5, 5.41) is 6.45. The van der Waals surface area contributed by atoms with E-state index in [0.717, 1.165) is 22.3 Å². The Kier molecular flexibility index (Phi) is 8.64. The molecule has 0 aliphatic carbocycles. The molecular formula is C35H32FN5O5. The number of carbonyl (C=O) groups is 3. The van der Waals surface area contributed by atoms with E-state index in [1.807, 2.05) is 31.2 Å². The zero-order valence-electron chi connectivity index (χ0n) is 25.4. The number of urea groups is 1. The van der Waals surface area contributed by atoms with Gasteiger partial charge in [-0.2, -0.15) is 0 Å². The molecule has 0 spiro atoms. The lowest BCUT2D eigenvalue weighted by molar-refractivity contribution is 0.0527. The van der Waals surface area contributed by atoms with Crippen molar-refractivity contribution in [1.29, 1.82) is 0 Å². The highest BCUT2D eigenvalue weighted by atomic mass is 19.1. The summed E-state index contributed by atoms with van der Waals surface area (Å²) in [5.41, 5.74) is 4.02. The van der Waals surface area contributed by atoms with Gasteiger partial charge in [0.1, 0.15) is 17.2 Å². The number of amides is 3. The first-order valence-electron chi connectivity index (χ1n) is 14.9. The van der Waals surface area contributed by atoms with Crippen molar-refractivity contribution in [2.24, 2.45) is 0 Å². The molecule has 3 amide bonds. The number of rotatable bonds is 7. The second-order valence-electron chi connectivity index (χ2n) is 10.8. The first kappa shape index (κ1) is 30.3. The lowest BCUT2D eigenvalue weighted by atomic mass is 10.0. The van der Waals surface area contributed by atoms with Gasteiger partial charge in [-0.15, -0.1) is 0 Å². The van der Waals surface area contributed by atoms with Crippen LogP contribution in [0.4, 0.5) is 26.4 Å². The van der Waals surface area contributed by atoms with E-state index in [1.54, 1.807) is 60.5 Å². The molecule has 1 saturated heterocycles. The molecule has 1 fully saturated rings. The van der Waals surface area contributed by atoms with Crippen LogP contribution >= 0.6 is 0 Å². The van der Waals surface area contributed by atoms with E-state index in [1.165, 1.54) is 12.1 Å². The van der Waals surface area contributed by atoms with Gasteiger partial charge in [-0.3, -0.25) is 4.79 Å². The molecule has 1 aliphatic heterocycles. The van der Waals surface area contributed by atoms with Gasteiger partial charge in [0.15, 0.2) is 5.76 Å². The highest BCUT2D eigenvalue weighted by Gasteiger charge is 2.24. The number of carbonyl (C=O) groups excluding carboxylic acids is 3. The van der Waals surface area contributed by atoms with Crippen molar-refractivity contribution in [2.45, 2.75) is 13.8 Å². The van der Waals surface area contributed by atoms with Crippen molar-refractivity contribution in [3.8, 4) is 11.1 Å². The minimum atomic E-state index is -0.488. The maximum Gasteiger partial charge on any atom is 0.340 e. The van der Waals surface area contributed by atoms with Crippen molar-refractivity contribution in [1.82, 2.24) is 9.88 Å². The molecule has 5 aromatic rings. The molecule has 11 heteroatoms. The van der Waals surface area contributed by atoms with Gasteiger partial charge in [-0.05, 0) is 73.5 Å². The highest BCUT2D eigenvalue weighted by Crippen LogP contribution is 2.31. The fourth-order valence-electron chi connectivity index (χ4n) is 5.43. The van der Waals surface area contributed by atoms with Gasteiger partial charge in [0.05, 0.1) is 29.7 Å². The quantitative estimate of drug-likeness (QED) is 0.194. The van der Waals surface area contributed by atoms with Crippen LogP contribution in [-0.4, -0.2) is 60.6 Å². The average molecular weight is 622 g/mol. The van der Waals surface area contributed by atoms with Gasteiger partial charge in [0.25, 0.3) is 5.91 Å². The van der Waals surface area contributed by atoms with Crippen LogP contribution in [0.25, 0.3) is 22.1 Å². The summed E-state index contributed by atoms with van der Waals surface area (Å²) in [7, 11) is 0. The van der Waals surface area contributed by atoms with Crippen molar-refractivity contribution in [2.75, 3.05) is 48.3 Å². The summed E-state index contributed by atoms with van der Waals surface area (Å²) in [6.07, 6.45) is 1.58. The molecular weight excluding hydrogens is 589 g/mol. The lowest BCUT2D eigenvalue weighted by Crippen LogP contribution is -2.50. The number of benzene rings is 3. The number of pyridine rings is 1. The Bertz CT molecular complexity index is 1910. The van der Waals surface area contributed by atoms with Gasteiger partial charge < -0.3 is 29.6 Å². The number of halogens is 1. The maximum absolute atomic E-state index is 13.7. The molecule has 2 aromatic heterocycles. The number of nitrogens with zero attached hydrogens (tertiary/aromatic N) is 3. The first-order valence-corrected chi connectivity index (χ1v) is 14.9. The van der Waals surface area contributed by atoms with Crippen LogP contribution in [0.3, 0.4) is 0 Å². The SMILES string of the molecule is CCOC(=O)c1ccccc1NC(=O)N1CCN(c2ccc(NC(=O)c3oc4ccc(-c5cccc(F)c5)cc4c3C)cn2)CC1. The molecule has 0 radical (unpaired) electrons. The zero-order valence-corrected chi connectivity index (χ0v) is 25.4. The molecule has 2 N–H and O–H groups in total.